The molecule has 0 aromatic heterocycles. The summed E-state index contributed by atoms with van der Waals surface area (Å²) in [5.41, 5.74) is 2.46. The molecule has 4 nitrogen and oxygen atoms in total. The van der Waals surface area contributed by atoms with E-state index in [0.29, 0.717) is 0 Å². The first-order valence-electron chi connectivity index (χ1n) is 3.71. The Bertz CT molecular complexity index is 279. The van der Waals surface area contributed by atoms with Gasteiger partial charge in [0.15, 0.2) is 0 Å². The maximum Gasteiger partial charge on any atom is 0.231 e. The van der Waals surface area contributed by atoms with Gasteiger partial charge in [-0.1, -0.05) is 36.5 Å². The van der Waals surface area contributed by atoms with Crippen LogP contribution in [0.15, 0.2) is 36.5 Å². The Morgan fingerprint density at radius 2 is 1.64 bits per heavy atom. The van der Waals surface area contributed by atoms with Crippen LogP contribution in [0.25, 0.3) is 0 Å². The average Bonchev–Trinajstić information content (AvgIpc) is 2.06. The van der Waals surface area contributed by atoms with Crippen LogP contribution in [0.4, 0.5) is 0 Å². The molecule has 0 aromatic carbocycles. The average molecular weight is 192 g/mol. The fraction of sp³-hybridized carbons (Fsp3) is 0.200. The molecule has 0 heterocycles. The van der Waals surface area contributed by atoms with Crippen molar-refractivity contribution >= 4 is 12.2 Å². The molecule has 0 spiro atoms. The van der Waals surface area contributed by atoms with E-state index >= 15 is 0 Å². The van der Waals surface area contributed by atoms with Crippen LogP contribution in [-0.4, -0.2) is 12.2 Å². The normalized spacial score (nSPS) is 12.3. The molecule has 0 radical (unpaired) electrons. The molecule has 2 N–H and O–H groups in total. The molecule has 1 rings (SSSR count). The zero-order valence-corrected chi connectivity index (χ0v) is 7.80. The highest BCUT2D eigenvalue weighted by molar-refractivity contribution is 5.27. The maximum absolute atomic E-state index is 8.35. The van der Waals surface area contributed by atoms with Gasteiger partial charge in [0.05, 0.1) is 0 Å². The van der Waals surface area contributed by atoms with Crippen molar-refractivity contribution in [2.45, 2.75) is 12.8 Å². The Labute approximate surface area is 82.7 Å². The molecule has 0 unspecified atom stereocenters. The summed E-state index contributed by atoms with van der Waals surface area (Å²) in [4.78, 5) is 16.7. The minimum absolute atomic E-state index is 0.750. The monoisotopic (exact) mass is 192 g/mol. The number of rotatable bonds is 0. The molecular formula is C10H12N2O2. The van der Waals surface area contributed by atoms with Crippen molar-refractivity contribution in [2.24, 2.45) is 0 Å². The van der Waals surface area contributed by atoms with Crippen LogP contribution in [0.1, 0.15) is 12.8 Å². The van der Waals surface area contributed by atoms with E-state index in [1.54, 1.807) is 0 Å². The fourth-order valence-corrected chi connectivity index (χ4v) is 0.844. The van der Waals surface area contributed by atoms with Crippen molar-refractivity contribution in [2.75, 3.05) is 0 Å². The predicted octanol–water partition coefficient (Wildman–Crippen LogP) is 2.25. The van der Waals surface area contributed by atoms with Crippen molar-refractivity contribution < 1.29 is 9.59 Å². The smallest absolute Gasteiger partial charge is 0.222 e. The Morgan fingerprint density at radius 3 is 1.86 bits per heavy atom. The number of hydrogen-bond acceptors (Lipinski definition) is 4. The van der Waals surface area contributed by atoms with E-state index in [0.717, 1.165) is 25.0 Å². The second kappa shape index (κ2) is 11.0. The lowest BCUT2D eigenvalue weighted by atomic mass is 9.99. The first-order valence-corrected chi connectivity index (χ1v) is 3.71. The van der Waals surface area contributed by atoms with E-state index in [4.69, 9.17) is 20.4 Å². The van der Waals surface area contributed by atoms with Crippen LogP contribution in [-0.2, 0) is 9.59 Å². The van der Waals surface area contributed by atoms with Gasteiger partial charge in [-0.15, -0.1) is 0 Å². The summed E-state index contributed by atoms with van der Waals surface area (Å²) in [6.07, 6.45) is 7.71. The van der Waals surface area contributed by atoms with Crippen molar-refractivity contribution in [3.8, 4) is 0 Å². The van der Waals surface area contributed by atoms with Crippen molar-refractivity contribution in [3.05, 3.63) is 36.5 Å². The van der Waals surface area contributed by atoms with Gasteiger partial charge >= 0.3 is 0 Å². The minimum atomic E-state index is 0.750. The molecule has 1 aliphatic rings. The standard InChI is InChI=1S/C8H10.2CHNO/c1-7-4-3-5-8(2)6-7;2*2-1-3/h3-4H,1-2,5-6H2;2*2H. The summed E-state index contributed by atoms with van der Waals surface area (Å²) in [5, 5.41) is 10.8. The largest absolute Gasteiger partial charge is 0.231 e. The van der Waals surface area contributed by atoms with Crippen LogP contribution in [0, 0.1) is 10.8 Å². The van der Waals surface area contributed by atoms with Crippen molar-refractivity contribution in [3.63, 3.8) is 0 Å². The van der Waals surface area contributed by atoms with Crippen molar-refractivity contribution in [1.82, 2.24) is 0 Å². The lowest BCUT2D eigenvalue weighted by Gasteiger charge is -2.06. The molecule has 0 saturated heterocycles. The summed E-state index contributed by atoms with van der Waals surface area (Å²) in [6.45, 7) is 7.67. The SMILES string of the molecule is C=C1C=CCC(=C)C1.N=C=O.N=C=O. The molecule has 74 valence electrons. The molecule has 4 heteroatoms. The topological polar surface area (TPSA) is 81.8 Å². The summed E-state index contributed by atoms with van der Waals surface area (Å²) >= 11 is 0. The molecule has 0 fully saturated rings. The van der Waals surface area contributed by atoms with Crippen LogP contribution in [0.5, 0.6) is 0 Å². The van der Waals surface area contributed by atoms with Gasteiger partial charge in [0.2, 0.25) is 12.2 Å². The van der Waals surface area contributed by atoms with E-state index in [-0.39, 0.29) is 0 Å². The highest BCUT2D eigenvalue weighted by Gasteiger charge is 1.97. The van der Waals surface area contributed by atoms with Crippen LogP contribution >= 0.6 is 0 Å². The van der Waals surface area contributed by atoms with E-state index in [2.05, 4.69) is 25.3 Å². The lowest BCUT2D eigenvalue weighted by Crippen LogP contribution is -1.87. The Morgan fingerprint density at radius 1 is 1.21 bits per heavy atom. The predicted molar refractivity (Wildman–Crippen MR) is 53.5 cm³/mol. The summed E-state index contributed by atoms with van der Waals surface area (Å²) in [5.74, 6) is 0. The van der Waals surface area contributed by atoms with Gasteiger partial charge in [0, 0.05) is 0 Å². The highest BCUT2D eigenvalue weighted by Crippen LogP contribution is 2.17. The van der Waals surface area contributed by atoms with E-state index in [1.807, 2.05) is 0 Å². The highest BCUT2D eigenvalue weighted by atomic mass is 16.1. The number of carbonyl (C=O) groups excluding carboxylic acids is 2. The minimum Gasteiger partial charge on any atom is -0.222 e. The first-order chi connectivity index (χ1) is 6.62. The molecule has 0 amide bonds. The molecule has 14 heavy (non-hydrogen) atoms. The summed E-state index contributed by atoms with van der Waals surface area (Å²) < 4.78 is 0. The number of isocyanates is 2. The van der Waals surface area contributed by atoms with E-state index < -0.39 is 0 Å². The van der Waals surface area contributed by atoms with Gasteiger partial charge in [-0.3, -0.25) is 0 Å². The second-order valence-electron chi connectivity index (χ2n) is 2.40. The third-order valence-electron chi connectivity index (χ3n) is 1.24. The third-order valence-corrected chi connectivity index (χ3v) is 1.24. The van der Waals surface area contributed by atoms with Gasteiger partial charge in [-0.25, -0.2) is 20.4 Å². The number of nitrogens with one attached hydrogen (secondary N) is 2. The molecule has 0 aromatic rings. The van der Waals surface area contributed by atoms with Crippen molar-refractivity contribution in [1.29, 1.82) is 10.8 Å². The molecular weight excluding hydrogens is 180 g/mol. The van der Waals surface area contributed by atoms with E-state index in [9.17, 15) is 0 Å². The quantitative estimate of drug-likeness (QED) is 0.350. The maximum atomic E-state index is 8.35. The molecule has 0 aliphatic heterocycles. The zero-order valence-electron chi connectivity index (χ0n) is 7.80. The Kier molecular flexibility index (Phi) is 11.4. The molecule has 0 saturated carbocycles. The Hall–Kier alpha value is -2.02. The zero-order chi connectivity index (χ0) is 11.4. The second-order valence-corrected chi connectivity index (χ2v) is 2.40. The Balaban J connectivity index is 0. The van der Waals surface area contributed by atoms with Gasteiger partial charge in [-0.2, -0.15) is 0 Å². The first kappa shape index (κ1) is 14.5. The van der Waals surface area contributed by atoms with Gasteiger partial charge in [-0.05, 0) is 12.8 Å². The molecule has 0 atom stereocenters. The molecule has 1 aliphatic carbocycles. The van der Waals surface area contributed by atoms with E-state index in [1.165, 1.54) is 11.1 Å². The lowest BCUT2D eigenvalue weighted by molar-refractivity contribution is 0.562. The van der Waals surface area contributed by atoms with Crippen LogP contribution < -0.4 is 0 Å². The van der Waals surface area contributed by atoms with Gasteiger partial charge in [0.1, 0.15) is 0 Å². The third kappa shape index (κ3) is 12.6. The fourth-order valence-electron chi connectivity index (χ4n) is 0.844. The number of allylic oxidation sites excluding steroid dienone is 4. The summed E-state index contributed by atoms with van der Waals surface area (Å²) in [6, 6.07) is 0. The van der Waals surface area contributed by atoms with Gasteiger partial charge < -0.3 is 0 Å². The van der Waals surface area contributed by atoms with Crippen LogP contribution in [0.2, 0.25) is 0 Å². The number of hydrogen-bond donors (Lipinski definition) is 2. The summed E-state index contributed by atoms with van der Waals surface area (Å²) in [7, 11) is 0. The van der Waals surface area contributed by atoms with Gasteiger partial charge in [0.25, 0.3) is 0 Å². The van der Waals surface area contributed by atoms with Crippen LogP contribution in [0.3, 0.4) is 0 Å². The molecule has 0 bridgehead atoms.